The van der Waals surface area contributed by atoms with Crippen LogP contribution in [-0.4, -0.2) is 31.5 Å². The zero-order valence-electron chi connectivity index (χ0n) is 14.3. The summed E-state index contributed by atoms with van der Waals surface area (Å²) in [4.78, 5) is 0. The summed E-state index contributed by atoms with van der Waals surface area (Å²) in [6, 6.07) is 11.0. The summed E-state index contributed by atoms with van der Waals surface area (Å²) in [6.45, 7) is 9.57. The Kier molecular flexibility index (Phi) is 6.01. The van der Waals surface area contributed by atoms with Gasteiger partial charge in [-0.1, -0.05) is 51.1 Å². The number of hydrogen-bond acceptors (Lipinski definition) is 3. The Bertz CT molecular complexity index is 432. The topological polar surface area (TPSA) is 41.5 Å². The summed E-state index contributed by atoms with van der Waals surface area (Å²) in [5.74, 6) is 0. The first-order valence-electron chi connectivity index (χ1n) is 8.41. The second-order valence-corrected chi connectivity index (χ2v) is 7.89. The van der Waals surface area contributed by atoms with Gasteiger partial charge in [-0.2, -0.15) is 0 Å². The molecule has 1 aromatic carbocycles. The standard InChI is InChI=1S/C19H31NO2/c1-18(2,3)13-17(16-7-5-4-6-8-16)20-14-19(9-11-21)10-12-22-15-19/h4-8,17,20-21H,9-15H2,1-3H3. The second kappa shape index (κ2) is 7.58. The van der Waals surface area contributed by atoms with Crippen LogP contribution in [0.25, 0.3) is 0 Å². The maximum absolute atomic E-state index is 9.38. The summed E-state index contributed by atoms with van der Waals surface area (Å²) in [7, 11) is 0. The van der Waals surface area contributed by atoms with Gasteiger partial charge >= 0.3 is 0 Å². The highest BCUT2D eigenvalue weighted by Gasteiger charge is 2.35. The van der Waals surface area contributed by atoms with Crippen LogP contribution < -0.4 is 5.32 Å². The number of hydrogen-bond donors (Lipinski definition) is 2. The Morgan fingerprint density at radius 1 is 1.27 bits per heavy atom. The van der Waals surface area contributed by atoms with Crippen LogP contribution in [0.2, 0.25) is 0 Å². The SMILES string of the molecule is CC(C)(C)CC(NCC1(CCO)CCOC1)c1ccccc1. The highest BCUT2D eigenvalue weighted by molar-refractivity contribution is 5.19. The first-order chi connectivity index (χ1) is 10.4. The molecule has 22 heavy (non-hydrogen) atoms. The summed E-state index contributed by atoms with van der Waals surface area (Å²) < 4.78 is 5.60. The van der Waals surface area contributed by atoms with Gasteiger partial charge in [0.15, 0.2) is 0 Å². The Morgan fingerprint density at radius 3 is 2.55 bits per heavy atom. The lowest BCUT2D eigenvalue weighted by molar-refractivity contribution is 0.120. The van der Waals surface area contributed by atoms with Crippen LogP contribution in [0, 0.1) is 10.8 Å². The van der Waals surface area contributed by atoms with Crippen LogP contribution in [0.1, 0.15) is 51.6 Å². The average molecular weight is 305 g/mol. The Morgan fingerprint density at radius 2 is 2.00 bits per heavy atom. The fourth-order valence-corrected chi connectivity index (χ4v) is 3.26. The highest BCUT2D eigenvalue weighted by atomic mass is 16.5. The van der Waals surface area contributed by atoms with Crippen molar-refractivity contribution in [1.29, 1.82) is 0 Å². The number of aliphatic hydroxyl groups excluding tert-OH is 1. The van der Waals surface area contributed by atoms with Gasteiger partial charge in [-0.3, -0.25) is 0 Å². The van der Waals surface area contributed by atoms with E-state index in [1.165, 1.54) is 5.56 Å². The Labute approximate surface area is 135 Å². The highest BCUT2D eigenvalue weighted by Crippen LogP contribution is 2.34. The summed E-state index contributed by atoms with van der Waals surface area (Å²) in [6.07, 6.45) is 2.95. The van der Waals surface area contributed by atoms with Crippen molar-refractivity contribution in [2.24, 2.45) is 10.8 Å². The van der Waals surface area contributed by atoms with Gasteiger partial charge in [0.05, 0.1) is 6.61 Å². The molecule has 0 bridgehead atoms. The molecule has 2 unspecified atom stereocenters. The fraction of sp³-hybridized carbons (Fsp3) is 0.684. The molecule has 0 amide bonds. The van der Waals surface area contributed by atoms with Crippen LogP contribution in [0.15, 0.2) is 30.3 Å². The van der Waals surface area contributed by atoms with Crippen molar-refractivity contribution in [2.75, 3.05) is 26.4 Å². The van der Waals surface area contributed by atoms with E-state index in [1.807, 2.05) is 0 Å². The van der Waals surface area contributed by atoms with Crippen LogP contribution in [0.3, 0.4) is 0 Å². The van der Waals surface area contributed by atoms with Crippen LogP contribution in [-0.2, 0) is 4.74 Å². The molecule has 1 fully saturated rings. The summed E-state index contributed by atoms with van der Waals surface area (Å²) in [5, 5.41) is 13.1. The number of aliphatic hydroxyl groups is 1. The molecule has 124 valence electrons. The van der Waals surface area contributed by atoms with E-state index in [4.69, 9.17) is 4.74 Å². The fourth-order valence-electron chi connectivity index (χ4n) is 3.26. The zero-order valence-corrected chi connectivity index (χ0v) is 14.3. The van der Waals surface area contributed by atoms with Gasteiger partial charge in [0, 0.05) is 31.2 Å². The van der Waals surface area contributed by atoms with Gasteiger partial charge in [-0.25, -0.2) is 0 Å². The monoisotopic (exact) mass is 305 g/mol. The molecule has 2 atom stereocenters. The molecule has 1 heterocycles. The largest absolute Gasteiger partial charge is 0.396 e. The minimum Gasteiger partial charge on any atom is -0.396 e. The third-order valence-electron chi connectivity index (χ3n) is 4.57. The zero-order chi connectivity index (χ0) is 16.1. The van der Waals surface area contributed by atoms with Crippen LogP contribution in [0.5, 0.6) is 0 Å². The summed E-state index contributed by atoms with van der Waals surface area (Å²) in [5.41, 5.74) is 1.71. The molecule has 0 spiro atoms. The van der Waals surface area contributed by atoms with Crippen molar-refractivity contribution in [3.05, 3.63) is 35.9 Å². The summed E-state index contributed by atoms with van der Waals surface area (Å²) >= 11 is 0. The Hall–Kier alpha value is -0.900. The van der Waals surface area contributed by atoms with E-state index in [-0.39, 0.29) is 17.4 Å². The van der Waals surface area contributed by atoms with Crippen molar-refractivity contribution >= 4 is 0 Å². The van der Waals surface area contributed by atoms with Crippen molar-refractivity contribution in [1.82, 2.24) is 5.32 Å². The average Bonchev–Trinajstić information content (AvgIpc) is 2.93. The maximum Gasteiger partial charge on any atom is 0.0536 e. The molecule has 1 aliphatic rings. The Balaban J connectivity index is 2.06. The smallest absolute Gasteiger partial charge is 0.0536 e. The predicted molar refractivity (Wildman–Crippen MR) is 90.8 cm³/mol. The molecule has 0 aromatic heterocycles. The lowest BCUT2D eigenvalue weighted by Gasteiger charge is -2.33. The van der Waals surface area contributed by atoms with Gasteiger partial charge in [0.1, 0.15) is 0 Å². The molecule has 2 N–H and O–H groups in total. The first-order valence-corrected chi connectivity index (χ1v) is 8.41. The molecule has 3 heteroatoms. The van der Waals surface area contributed by atoms with Crippen molar-refractivity contribution in [2.45, 2.75) is 46.1 Å². The minimum absolute atomic E-state index is 0.0969. The number of rotatable bonds is 7. The molecular formula is C19H31NO2. The number of benzene rings is 1. The van der Waals surface area contributed by atoms with Gasteiger partial charge in [-0.15, -0.1) is 0 Å². The van der Waals surface area contributed by atoms with E-state index in [2.05, 4.69) is 56.4 Å². The maximum atomic E-state index is 9.38. The molecule has 0 aliphatic carbocycles. The van der Waals surface area contributed by atoms with E-state index in [9.17, 15) is 5.11 Å². The number of nitrogens with one attached hydrogen (secondary N) is 1. The third-order valence-corrected chi connectivity index (χ3v) is 4.57. The molecular weight excluding hydrogens is 274 g/mol. The van der Waals surface area contributed by atoms with E-state index < -0.39 is 0 Å². The van der Waals surface area contributed by atoms with Crippen molar-refractivity contribution < 1.29 is 9.84 Å². The van der Waals surface area contributed by atoms with Gasteiger partial charge in [0.25, 0.3) is 0 Å². The lowest BCUT2D eigenvalue weighted by Crippen LogP contribution is -2.38. The van der Waals surface area contributed by atoms with Crippen molar-refractivity contribution in [3.63, 3.8) is 0 Å². The van der Waals surface area contributed by atoms with Crippen LogP contribution >= 0.6 is 0 Å². The van der Waals surface area contributed by atoms with E-state index in [0.29, 0.717) is 6.04 Å². The normalized spacial score (nSPS) is 23.6. The van der Waals surface area contributed by atoms with E-state index in [0.717, 1.165) is 39.0 Å². The van der Waals surface area contributed by atoms with Crippen LogP contribution in [0.4, 0.5) is 0 Å². The van der Waals surface area contributed by atoms with Crippen molar-refractivity contribution in [3.8, 4) is 0 Å². The van der Waals surface area contributed by atoms with Gasteiger partial charge < -0.3 is 15.2 Å². The lowest BCUT2D eigenvalue weighted by atomic mass is 9.82. The van der Waals surface area contributed by atoms with Gasteiger partial charge in [0.2, 0.25) is 0 Å². The molecule has 3 nitrogen and oxygen atoms in total. The van der Waals surface area contributed by atoms with E-state index >= 15 is 0 Å². The predicted octanol–water partition coefficient (Wildman–Crippen LogP) is 3.54. The molecule has 0 radical (unpaired) electrons. The number of ether oxygens (including phenoxy) is 1. The third kappa shape index (κ3) is 5.08. The molecule has 1 aromatic rings. The molecule has 0 saturated carbocycles. The second-order valence-electron chi connectivity index (χ2n) is 7.89. The molecule has 1 aliphatic heterocycles. The van der Waals surface area contributed by atoms with Gasteiger partial charge in [-0.05, 0) is 30.2 Å². The minimum atomic E-state index is 0.0969. The quantitative estimate of drug-likeness (QED) is 0.809. The first kappa shape index (κ1) is 17.5. The molecule has 2 rings (SSSR count). The molecule has 1 saturated heterocycles. The van der Waals surface area contributed by atoms with E-state index in [1.54, 1.807) is 0 Å².